The number of Topliss-reactive ketones (excluding diaryl/α,β-unsaturated/α-hetero) is 1. The van der Waals surface area contributed by atoms with Gasteiger partial charge < -0.3 is 14.9 Å². The highest BCUT2D eigenvalue weighted by Gasteiger charge is 2.65. The Labute approximate surface area is 421 Å². The van der Waals surface area contributed by atoms with Gasteiger partial charge in [-0.05, 0) is 171 Å². The SMILES string of the molecule is Fc1ccc2nccc(C3=CCCCC3)c2c1.O=C1CCCC2OC12c1cc[n+](O)c2ccc(F)cc12.O[C@@H]1CCCC[C@@H]1c1ccnc2ccc(F)cc12.O[C@@H]1CCCC[C@@H]1c1ccnc2ccc(F)cc12. The lowest BCUT2D eigenvalue weighted by atomic mass is 9.80. The molecule has 8 aromatic rings. The third-order valence-corrected chi connectivity index (χ3v) is 15.4. The second-order valence-corrected chi connectivity index (χ2v) is 19.9. The molecule has 9 nitrogen and oxygen atoms in total. The van der Waals surface area contributed by atoms with Gasteiger partial charge >= 0.3 is 0 Å². The van der Waals surface area contributed by atoms with Gasteiger partial charge in [-0.25, -0.2) is 17.6 Å². The quantitative estimate of drug-likeness (QED) is 0.0687. The van der Waals surface area contributed by atoms with Gasteiger partial charge in [0.15, 0.2) is 11.4 Å². The number of halogens is 4. The van der Waals surface area contributed by atoms with E-state index in [4.69, 9.17) is 4.74 Å². The van der Waals surface area contributed by atoms with Crippen molar-refractivity contribution in [1.29, 1.82) is 0 Å². The summed E-state index contributed by atoms with van der Waals surface area (Å²) in [6.07, 6.45) is 23.2. The van der Waals surface area contributed by atoms with Crippen LogP contribution in [0, 0.1) is 23.3 Å². The molecule has 73 heavy (non-hydrogen) atoms. The molecule has 1 saturated heterocycles. The molecular weight excluding hydrogens is 933 g/mol. The van der Waals surface area contributed by atoms with Crippen molar-refractivity contribution < 1.29 is 47.2 Å². The molecule has 13 heteroatoms. The molecule has 4 aromatic carbocycles. The van der Waals surface area contributed by atoms with E-state index in [9.17, 15) is 37.8 Å². The van der Waals surface area contributed by atoms with E-state index >= 15 is 0 Å². The van der Waals surface area contributed by atoms with Crippen molar-refractivity contribution in [3.8, 4) is 0 Å². The number of allylic oxidation sites excluding steroid dienone is 2. The molecule has 4 aromatic heterocycles. The zero-order valence-corrected chi connectivity index (χ0v) is 40.6. The third-order valence-electron chi connectivity index (χ3n) is 15.4. The van der Waals surface area contributed by atoms with Crippen LogP contribution < -0.4 is 4.73 Å². The van der Waals surface area contributed by atoms with Gasteiger partial charge in [-0.15, -0.1) is 0 Å². The number of nitrogens with zero attached hydrogens (tertiary/aromatic N) is 4. The van der Waals surface area contributed by atoms with Gasteiger partial charge in [0.2, 0.25) is 6.20 Å². The number of aliphatic hydroxyl groups excluding tert-OH is 2. The average Bonchev–Trinajstić information content (AvgIpc) is 4.16. The Kier molecular flexibility index (Phi) is 14.9. The smallest absolute Gasteiger partial charge is 0.265 e. The van der Waals surface area contributed by atoms with Crippen LogP contribution in [0.25, 0.3) is 49.2 Å². The normalized spacial score (nSPS) is 23.5. The molecule has 1 aliphatic heterocycles. The Hall–Kier alpha value is -6.67. The van der Waals surface area contributed by atoms with E-state index in [0.29, 0.717) is 22.9 Å². The molecule has 0 spiro atoms. The Bertz CT molecular complexity index is 3250. The Morgan fingerprint density at radius 3 is 1.62 bits per heavy atom. The van der Waals surface area contributed by atoms with Crippen LogP contribution in [0.15, 0.2) is 128 Å². The number of epoxide rings is 1. The molecular formula is C60H59F4N4O5+. The van der Waals surface area contributed by atoms with Crippen molar-refractivity contribution >= 4 is 55.0 Å². The number of carbonyl (C=O) groups excluding carboxylic acids is 1. The van der Waals surface area contributed by atoms with Gasteiger partial charge in [0.1, 0.15) is 23.3 Å². The number of aromatic nitrogens is 4. The van der Waals surface area contributed by atoms with Crippen LogP contribution in [0.4, 0.5) is 17.6 Å². The van der Waals surface area contributed by atoms with Gasteiger partial charge in [-0.1, -0.05) is 31.8 Å². The molecule has 4 aliphatic carbocycles. The first-order valence-corrected chi connectivity index (χ1v) is 25.7. The molecule has 4 fully saturated rings. The zero-order chi connectivity index (χ0) is 50.6. The molecule has 13 rings (SSSR count). The molecule has 0 amide bonds. The van der Waals surface area contributed by atoms with E-state index in [1.165, 1.54) is 73.1 Å². The zero-order valence-electron chi connectivity index (χ0n) is 40.6. The molecule has 3 saturated carbocycles. The van der Waals surface area contributed by atoms with Crippen molar-refractivity contribution in [3.63, 3.8) is 0 Å². The summed E-state index contributed by atoms with van der Waals surface area (Å²) in [5.41, 5.74) is 7.23. The van der Waals surface area contributed by atoms with Gasteiger partial charge in [-0.2, -0.15) is 0 Å². The van der Waals surface area contributed by atoms with Crippen molar-refractivity contribution in [1.82, 2.24) is 15.0 Å². The van der Waals surface area contributed by atoms with Crippen molar-refractivity contribution in [2.45, 2.75) is 132 Å². The summed E-state index contributed by atoms with van der Waals surface area (Å²) < 4.78 is 60.3. The van der Waals surface area contributed by atoms with Crippen LogP contribution in [0.5, 0.6) is 0 Å². The highest BCUT2D eigenvalue weighted by atomic mass is 19.1. The van der Waals surface area contributed by atoms with Crippen LogP contribution in [0.1, 0.15) is 130 Å². The predicted molar refractivity (Wildman–Crippen MR) is 273 cm³/mol. The van der Waals surface area contributed by atoms with E-state index in [1.54, 1.807) is 42.7 Å². The lowest BCUT2D eigenvalue weighted by Crippen LogP contribution is -2.34. The first-order valence-electron chi connectivity index (χ1n) is 25.7. The van der Waals surface area contributed by atoms with Crippen LogP contribution in [-0.2, 0) is 15.1 Å². The fourth-order valence-corrected chi connectivity index (χ4v) is 11.6. The first-order chi connectivity index (χ1) is 35.5. The van der Waals surface area contributed by atoms with Crippen molar-refractivity contribution in [2.75, 3.05) is 0 Å². The van der Waals surface area contributed by atoms with Crippen LogP contribution in [-0.4, -0.2) is 54.5 Å². The number of hydrogen-bond acceptors (Lipinski definition) is 8. The maximum Gasteiger partial charge on any atom is 0.265 e. The standard InChI is InChI=1S/C15H13FNO3.2C15H16FNO.C15H14FN/c16-9-4-5-12-10(8-9)11(6-7-17(12)19)15-13(18)2-1-3-14(15)20-15;2*16-10-5-6-14-13(9-10)11(7-8-17-14)12-3-1-2-4-15(12)18;16-12-6-7-15-14(10-12)13(8-9-17-15)11-4-2-1-3-5-11/h4-8,14,19H,1-3H2;2*5-9,12,15,18H,1-4H2;4,6-10H,1-3,5H2/q+1;;;/t;2*12-,15-;/m.11./s1. The predicted octanol–water partition coefficient (Wildman–Crippen LogP) is 13.0. The number of hydrogen-bond donors (Lipinski definition) is 3. The average molecular weight is 992 g/mol. The fraction of sp³-hybridized carbons (Fsp3) is 0.350. The van der Waals surface area contributed by atoms with E-state index < -0.39 is 11.4 Å². The molecule has 0 bridgehead atoms. The summed E-state index contributed by atoms with van der Waals surface area (Å²) >= 11 is 0. The second kappa shape index (κ2) is 21.8. The topological polar surface area (TPSA) is 133 Å². The summed E-state index contributed by atoms with van der Waals surface area (Å²) in [6.45, 7) is 0. The molecule has 5 aliphatic rings. The number of ether oxygens (including phenoxy) is 1. The summed E-state index contributed by atoms with van der Waals surface area (Å²) in [7, 11) is 0. The Morgan fingerprint density at radius 2 is 1.07 bits per heavy atom. The monoisotopic (exact) mass is 991 g/mol. The Balaban J connectivity index is 0.000000112. The minimum absolute atomic E-state index is 0.0509. The first kappa shape index (κ1) is 49.9. The number of pyridine rings is 4. The van der Waals surface area contributed by atoms with Crippen LogP contribution in [0.3, 0.4) is 0 Å². The minimum atomic E-state index is -0.918. The minimum Gasteiger partial charge on any atom is -0.392 e. The van der Waals surface area contributed by atoms with E-state index in [0.717, 1.165) is 131 Å². The Morgan fingerprint density at radius 1 is 0.548 bits per heavy atom. The van der Waals surface area contributed by atoms with Crippen molar-refractivity contribution in [3.05, 3.63) is 173 Å². The van der Waals surface area contributed by atoms with Crippen molar-refractivity contribution in [2.24, 2.45) is 0 Å². The number of ketones is 1. The fourth-order valence-electron chi connectivity index (χ4n) is 11.6. The van der Waals surface area contributed by atoms with Gasteiger partial charge in [0, 0.05) is 75.4 Å². The largest absolute Gasteiger partial charge is 0.392 e. The number of aliphatic hydroxyl groups is 2. The number of benzene rings is 4. The highest BCUT2D eigenvalue weighted by Crippen LogP contribution is 2.54. The summed E-state index contributed by atoms with van der Waals surface area (Å²) in [5.74, 6) is -0.804. The molecule has 6 atom stereocenters. The maximum absolute atomic E-state index is 13.5. The van der Waals surface area contributed by atoms with Crippen LogP contribution in [0.2, 0.25) is 0 Å². The summed E-state index contributed by atoms with van der Waals surface area (Å²) in [5, 5.41) is 33.2. The molecule has 3 N–H and O–H groups in total. The van der Waals surface area contributed by atoms with Gasteiger partial charge in [0.05, 0.1) is 40.2 Å². The highest BCUT2D eigenvalue weighted by molar-refractivity contribution is 5.97. The third kappa shape index (κ3) is 10.6. The molecule has 5 heterocycles. The van der Waals surface area contributed by atoms with Crippen LogP contribution >= 0.6 is 0 Å². The lowest BCUT2D eigenvalue weighted by Gasteiger charge is -2.28. The summed E-state index contributed by atoms with van der Waals surface area (Å²) in [4.78, 5) is 25.1. The number of fused-ring (bicyclic) bond motifs is 5. The maximum atomic E-state index is 13.5. The number of rotatable bonds is 4. The van der Waals surface area contributed by atoms with E-state index in [2.05, 4.69) is 21.0 Å². The molecule has 0 radical (unpaired) electrons. The number of carbonyl (C=O) groups is 1. The van der Waals surface area contributed by atoms with E-state index in [-0.39, 0.29) is 53.4 Å². The van der Waals surface area contributed by atoms with E-state index in [1.807, 2.05) is 24.4 Å². The second-order valence-electron chi connectivity index (χ2n) is 19.9. The summed E-state index contributed by atoms with van der Waals surface area (Å²) in [6, 6.07) is 25.7. The molecule has 2 unspecified atom stereocenters. The van der Waals surface area contributed by atoms with Gasteiger partial charge in [-0.3, -0.25) is 25.0 Å². The molecule has 376 valence electrons. The lowest BCUT2D eigenvalue weighted by molar-refractivity contribution is -0.884. The van der Waals surface area contributed by atoms with Gasteiger partial charge in [0.25, 0.3) is 5.52 Å².